The highest BCUT2D eigenvalue weighted by Crippen LogP contribution is 2.32. The molecule has 0 aromatic heterocycles. The topological polar surface area (TPSA) is 69.7 Å². The highest BCUT2D eigenvalue weighted by Gasteiger charge is 2.43. The van der Waals surface area contributed by atoms with E-state index in [2.05, 4.69) is 5.32 Å². The van der Waals surface area contributed by atoms with Gasteiger partial charge in [-0.15, -0.1) is 0 Å². The number of piperazine rings is 1. The SMILES string of the molecule is O=C1NCCN(C(=O)C2CC(=O)N(C3CCCCC3)C2)C1c1ccc(F)cc1. The van der Waals surface area contributed by atoms with Crippen LogP contribution in [0.1, 0.15) is 50.1 Å². The first-order valence-corrected chi connectivity index (χ1v) is 10.2. The third-order valence-corrected chi connectivity index (χ3v) is 6.20. The second kappa shape index (κ2) is 7.89. The number of nitrogens with zero attached hydrogens (tertiary/aromatic N) is 2. The first-order valence-electron chi connectivity index (χ1n) is 10.2. The van der Waals surface area contributed by atoms with Crippen LogP contribution in [0.2, 0.25) is 0 Å². The molecule has 7 heteroatoms. The second-order valence-electron chi connectivity index (χ2n) is 8.02. The summed E-state index contributed by atoms with van der Waals surface area (Å²) in [5.41, 5.74) is 0.584. The summed E-state index contributed by atoms with van der Waals surface area (Å²) < 4.78 is 13.3. The zero-order chi connectivity index (χ0) is 19.7. The number of benzene rings is 1. The minimum atomic E-state index is -0.777. The van der Waals surface area contributed by atoms with Gasteiger partial charge in [0.05, 0.1) is 5.92 Å². The van der Waals surface area contributed by atoms with E-state index in [1.165, 1.54) is 18.6 Å². The Labute approximate surface area is 164 Å². The fourth-order valence-corrected chi connectivity index (χ4v) is 4.76. The van der Waals surface area contributed by atoms with Crippen LogP contribution >= 0.6 is 0 Å². The summed E-state index contributed by atoms with van der Waals surface area (Å²) in [5, 5.41) is 2.79. The molecule has 3 aliphatic rings. The van der Waals surface area contributed by atoms with Crippen LogP contribution in [0.15, 0.2) is 24.3 Å². The Balaban J connectivity index is 1.51. The average Bonchev–Trinajstić information content (AvgIpc) is 3.10. The van der Waals surface area contributed by atoms with Crippen molar-refractivity contribution in [2.24, 2.45) is 5.92 Å². The molecular weight excluding hydrogens is 361 g/mol. The van der Waals surface area contributed by atoms with Gasteiger partial charge in [0.2, 0.25) is 17.7 Å². The molecule has 1 aromatic carbocycles. The third-order valence-electron chi connectivity index (χ3n) is 6.20. The Morgan fingerprint density at radius 1 is 1.07 bits per heavy atom. The normalized spacial score (nSPS) is 26.5. The van der Waals surface area contributed by atoms with Crippen LogP contribution in [-0.2, 0) is 14.4 Å². The van der Waals surface area contributed by atoms with Crippen molar-refractivity contribution in [1.29, 1.82) is 0 Å². The molecule has 2 atom stereocenters. The van der Waals surface area contributed by atoms with Gasteiger partial charge in [0, 0.05) is 32.1 Å². The van der Waals surface area contributed by atoms with Crippen LogP contribution in [0.25, 0.3) is 0 Å². The summed E-state index contributed by atoms with van der Waals surface area (Å²) in [5.74, 6) is -1.17. The first-order chi connectivity index (χ1) is 13.5. The second-order valence-corrected chi connectivity index (χ2v) is 8.02. The molecule has 2 aliphatic heterocycles. The molecule has 0 spiro atoms. The number of halogens is 1. The van der Waals surface area contributed by atoms with E-state index in [1.807, 2.05) is 4.90 Å². The number of likely N-dealkylation sites (tertiary alicyclic amines) is 1. The fraction of sp³-hybridized carbons (Fsp3) is 0.571. The number of hydrogen-bond donors (Lipinski definition) is 1. The summed E-state index contributed by atoms with van der Waals surface area (Å²) >= 11 is 0. The van der Waals surface area contributed by atoms with E-state index in [0.29, 0.717) is 25.2 Å². The van der Waals surface area contributed by atoms with E-state index >= 15 is 0 Å². The van der Waals surface area contributed by atoms with E-state index in [4.69, 9.17) is 0 Å². The van der Waals surface area contributed by atoms with Gasteiger partial charge >= 0.3 is 0 Å². The monoisotopic (exact) mass is 387 g/mol. The predicted molar refractivity (Wildman–Crippen MR) is 101 cm³/mol. The fourth-order valence-electron chi connectivity index (χ4n) is 4.76. The molecule has 2 saturated heterocycles. The Morgan fingerprint density at radius 3 is 2.50 bits per heavy atom. The maximum Gasteiger partial charge on any atom is 0.247 e. The van der Waals surface area contributed by atoms with Crippen LogP contribution in [0, 0.1) is 11.7 Å². The van der Waals surface area contributed by atoms with Crippen molar-refractivity contribution in [2.45, 2.75) is 50.6 Å². The molecular formula is C21H26FN3O3. The van der Waals surface area contributed by atoms with Gasteiger partial charge in [-0.1, -0.05) is 31.4 Å². The quantitative estimate of drug-likeness (QED) is 0.863. The van der Waals surface area contributed by atoms with Gasteiger partial charge in [-0.25, -0.2) is 4.39 Å². The largest absolute Gasteiger partial charge is 0.352 e. The number of amides is 3. The highest BCUT2D eigenvalue weighted by atomic mass is 19.1. The molecule has 1 saturated carbocycles. The van der Waals surface area contributed by atoms with Gasteiger partial charge in [0.25, 0.3) is 0 Å². The minimum absolute atomic E-state index is 0.0463. The molecule has 3 amide bonds. The van der Waals surface area contributed by atoms with E-state index in [9.17, 15) is 18.8 Å². The lowest BCUT2D eigenvalue weighted by Crippen LogP contribution is -2.53. The Kier molecular flexibility index (Phi) is 5.33. The Bertz CT molecular complexity index is 761. The molecule has 150 valence electrons. The highest BCUT2D eigenvalue weighted by molar-refractivity contribution is 5.94. The number of carbonyl (C=O) groups excluding carboxylic acids is 3. The Hall–Kier alpha value is -2.44. The number of carbonyl (C=O) groups is 3. The molecule has 1 aromatic rings. The van der Waals surface area contributed by atoms with Gasteiger partial charge in [-0.2, -0.15) is 0 Å². The summed E-state index contributed by atoms with van der Waals surface area (Å²) in [6, 6.07) is 5.14. The van der Waals surface area contributed by atoms with Crippen LogP contribution in [0.5, 0.6) is 0 Å². The summed E-state index contributed by atoms with van der Waals surface area (Å²) in [4.78, 5) is 41.8. The van der Waals surface area contributed by atoms with Crippen molar-refractivity contribution in [3.05, 3.63) is 35.6 Å². The molecule has 3 fully saturated rings. The van der Waals surface area contributed by atoms with Crippen LogP contribution < -0.4 is 5.32 Å². The smallest absolute Gasteiger partial charge is 0.247 e. The van der Waals surface area contributed by atoms with Gasteiger partial charge in [0.1, 0.15) is 11.9 Å². The van der Waals surface area contributed by atoms with Gasteiger partial charge in [-0.3, -0.25) is 14.4 Å². The lowest BCUT2D eigenvalue weighted by Gasteiger charge is -2.37. The molecule has 0 bridgehead atoms. The summed E-state index contributed by atoms with van der Waals surface area (Å²) in [6.45, 7) is 1.21. The van der Waals surface area contributed by atoms with Crippen molar-refractivity contribution in [2.75, 3.05) is 19.6 Å². The molecule has 2 heterocycles. The maximum atomic E-state index is 13.3. The predicted octanol–water partition coefficient (Wildman–Crippen LogP) is 2.01. The van der Waals surface area contributed by atoms with Crippen molar-refractivity contribution in [1.82, 2.24) is 15.1 Å². The summed E-state index contributed by atoms with van der Waals surface area (Å²) in [6.07, 6.45) is 5.71. The number of nitrogens with one attached hydrogen (secondary N) is 1. The summed E-state index contributed by atoms with van der Waals surface area (Å²) in [7, 11) is 0. The maximum absolute atomic E-state index is 13.3. The molecule has 2 unspecified atom stereocenters. The Morgan fingerprint density at radius 2 is 1.79 bits per heavy atom. The van der Waals surface area contributed by atoms with Crippen LogP contribution in [0.3, 0.4) is 0 Å². The minimum Gasteiger partial charge on any atom is -0.352 e. The van der Waals surface area contributed by atoms with Gasteiger partial charge in [-0.05, 0) is 30.5 Å². The molecule has 28 heavy (non-hydrogen) atoms. The van der Waals surface area contributed by atoms with Crippen molar-refractivity contribution in [3.8, 4) is 0 Å². The van der Waals surface area contributed by atoms with E-state index in [1.54, 1.807) is 17.0 Å². The zero-order valence-electron chi connectivity index (χ0n) is 15.9. The lowest BCUT2D eigenvalue weighted by molar-refractivity contribution is -0.146. The standard InChI is InChI=1S/C21H26FN3O3/c22-16-8-6-14(7-9-16)19-20(27)23-10-11-24(19)21(28)15-12-18(26)25(13-15)17-4-2-1-3-5-17/h6-9,15,17,19H,1-5,10-13H2,(H,23,27). The lowest BCUT2D eigenvalue weighted by atomic mass is 9.94. The van der Waals surface area contributed by atoms with Crippen LogP contribution in [-0.4, -0.2) is 53.2 Å². The number of rotatable bonds is 3. The molecule has 1 N–H and O–H groups in total. The average molecular weight is 387 g/mol. The van der Waals surface area contributed by atoms with Gasteiger partial charge < -0.3 is 15.1 Å². The molecule has 0 radical (unpaired) electrons. The number of hydrogen-bond acceptors (Lipinski definition) is 3. The first kappa shape index (κ1) is 18.9. The molecule has 1 aliphatic carbocycles. The zero-order valence-corrected chi connectivity index (χ0v) is 15.9. The van der Waals surface area contributed by atoms with Crippen molar-refractivity contribution in [3.63, 3.8) is 0 Å². The van der Waals surface area contributed by atoms with Crippen LogP contribution in [0.4, 0.5) is 4.39 Å². The van der Waals surface area contributed by atoms with E-state index in [-0.39, 0.29) is 36.0 Å². The molecule has 6 nitrogen and oxygen atoms in total. The van der Waals surface area contributed by atoms with Gasteiger partial charge in [0.15, 0.2) is 0 Å². The van der Waals surface area contributed by atoms with Crippen molar-refractivity contribution < 1.29 is 18.8 Å². The third kappa shape index (κ3) is 3.62. The molecule has 4 rings (SSSR count). The van der Waals surface area contributed by atoms with E-state index in [0.717, 1.165) is 25.7 Å². The van der Waals surface area contributed by atoms with E-state index < -0.39 is 12.0 Å². The van der Waals surface area contributed by atoms with Crippen molar-refractivity contribution >= 4 is 17.7 Å².